The number of nitrogens with zero attached hydrogens (tertiary/aromatic N) is 1. The standard InChI is InChI=1S/C20H35N3OS.HI/c1-15(2)14-17-8-10-18(11-9-17)16(3)23-19(21-7)22-12-13-25(24)20(4,5)6;/h8-11,15-16H,12-14H2,1-7H3,(H2,21,22,23);1H. The third-order valence-corrected chi connectivity index (χ3v) is 5.90. The van der Waals surface area contributed by atoms with Gasteiger partial charge in [-0.3, -0.25) is 9.20 Å². The lowest BCUT2D eigenvalue weighted by Gasteiger charge is -2.20. The van der Waals surface area contributed by atoms with Crippen LogP contribution in [0.4, 0.5) is 0 Å². The molecule has 0 bridgehead atoms. The number of halogens is 1. The van der Waals surface area contributed by atoms with Gasteiger partial charge in [0.2, 0.25) is 0 Å². The highest BCUT2D eigenvalue weighted by molar-refractivity contribution is 14.0. The number of rotatable bonds is 7. The molecule has 4 nitrogen and oxygen atoms in total. The van der Waals surface area contributed by atoms with Gasteiger partial charge in [0, 0.05) is 34.9 Å². The van der Waals surface area contributed by atoms with Crippen LogP contribution in [0, 0.1) is 5.92 Å². The molecule has 0 saturated carbocycles. The smallest absolute Gasteiger partial charge is 0.191 e. The molecule has 0 saturated heterocycles. The Kier molecular flexibility index (Phi) is 11.7. The summed E-state index contributed by atoms with van der Waals surface area (Å²) in [6.45, 7) is 13.2. The molecule has 0 aliphatic carbocycles. The predicted molar refractivity (Wildman–Crippen MR) is 126 cm³/mol. The topological polar surface area (TPSA) is 53.5 Å². The molecule has 150 valence electrons. The van der Waals surface area contributed by atoms with Crippen LogP contribution >= 0.6 is 24.0 Å². The Labute approximate surface area is 179 Å². The molecule has 0 amide bonds. The van der Waals surface area contributed by atoms with Gasteiger partial charge < -0.3 is 10.6 Å². The van der Waals surface area contributed by atoms with Gasteiger partial charge in [-0.1, -0.05) is 38.1 Å². The molecule has 26 heavy (non-hydrogen) atoms. The van der Waals surface area contributed by atoms with E-state index in [2.05, 4.69) is 60.7 Å². The fourth-order valence-electron chi connectivity index (χ4n) is 2.47. The second-order valence-corrected chi connectivity index (χ2v) is 10.2. The van der Waals surface area contributed by atoms with Crippen molar-refractivity contribution in [2.75, 3.05) is 19.3 Å². The van der Waals surface area contributed by atoms with Crippen molar-refractivity contribution >= 4 is 40.7 Å². The Morgan fingerprint density at radius 2 is 1.73 bits per heavy atom. The van der Waals surface area contributed by atoms with Crippen LogP contribution in [0.25, 0.3) is 0 Å². The average molecular weight is 493 g/mol. The van der Waals surface area contributed by atoms with Gasteiger partial charge in [0.15, 0.2) is 5.96 Å². The van der Waals surface area contributed by atoms with Crippen molar-refractivity contribution in [2.45, 2.75) is 58.8 Å². The molecule has 0 aromatic heterocycles. The summed E-state index contributed by atoms with van der Waals surface area (Å²) in [4.78, 5) is 4.26. The zero-order valence-electron chi connectivity index (χ0n) is 17.3. The Balaban J connectivity index is 0.00000625. The van der Waals surface area contributed by atoms with E-state index in [-0.39, 0.29) is 34.8 Å². The molecule has 1 rings (SSSR count). The maximum atomic E-state index is 12.1. The number of benzene rings is 1. The monoisotopic (exact) mass is 493 g/mol. The Morgan fingerprint density at radius 3 is 2.19 bits per heavy atom. The first kappa shape index (κ1) is 25.4. The van der Waals surface area contributed by atoms with Crippen LogP contribution in [0.2, 0.25) is 0 Å². The minimum Gasteiger partial charge on any atom is -0.355 e. The van der Waals surface area contributed by atoms with E-state index in [9.17, 15) is 4.21 Å². The number of nitrogens with one attached hydrogen (secondary N) is 2. The quantitative estimate of drug-likeness (QED) is 0.339. The van der Waals surface area contributed by atoms with E-state index >= 15 is 0 Å². The highest BCUT2D eigenvalue weighted by atomic mass is 127. The maximum Gasteiger partial charge on any atom is 0.191 e. The molecular weight excluding hydrogens is 457 g/mol. The Bertz CT molecular complexity index is 580. The highest BCUT2D eigenvalue weighted by Crippen LogP contribution is 2.15. The minimum atomic E-state index is -0.857. The summed E-state index contributed by atoms with van der Waals surface area (Å²) >= 11 is 0. The van der Waals surface area contributed by atoms with Gasteiger partial charge in [-0.25, -0.2) is 0 Å². The van der Waals surface area contributed by atoms with Crippen LogP contribution in [0.3, 0.4) is 0 Å². The average Bonchev–Trinajstić information content (AvgIpc) is 2.52. The first-order valence-electron chi connectivity index (χ1n) is 9.08. The van der Waals surface area contributed by atoms with Gasteiger partial charge in [0.25, 0.3) is 0 Å². The fraction of sp³-hybridized carbons (Fsp3) is 0.650. The molecule has 1 aromatic rings. The molecule has 0 aliphatic heterocycles. The summed E-state index contributed by atoms with van der Waals surface area (Å²) in [7, 11) is 0.901. The second-order valence-electron chi connectivity index (χ2n) is 7.87. The zero-order valence-corrected chi connectivity index (χ0v) is 20.4. The highest BCUT2D eigenvalue weighted by Gasteiger charge is 2.18. The van der Waals surface area contributed by atoms with Crippen LogP contribution in [-0.4, -0.2) is 34.3 Å². The van der Waals surface area contributed by atoms with E-state index in [0.717, 1.165) is 12.4 Å². The third kappa shape index (κ3) is 9.35. The van der Waals surface area contributed by atoms with Crippen LogP contribution in [0.1, 0.15) is 58.7 Å². The van der Waals surface area contributed by atoms with Crippen molar-refractivity contribution in [3.8, 4) is 0 Å². The molecule has 0 aliphatic rings. The molecule has 2 atom stereocenters. The number of hydrogen-bond acceptors (Lipinski definition) is 2. The Hall–Kier alpha value is -0.630. The first-order valence-corrected chi connectivity index (χ1v) is 10.4. The van der Waals surface area contributed by atoms with Crippen molar-refractivity contribution in [3.05, 3.63) is 35.4 Å². The molecule has 2 N–H and O–H groups in total. The van der Waals surface area contributed by atoms with Crippen LogP contribution in [0.5, 0.6) is 0 Å². The number of aliphatic imine (C=N–C) groups is 1. The largest absolute Gasteiger partial charge is 0.355 e. The van der Waals surface area contributed by atoms with E-state index < -0.39 is 10.8 Å². The van der Waals surface area contributed by atoms with Gasteiger partial charge in [-0.2, -0.15) is 0 Å². The lowest BCUT2D eigenvalue weighted by molar-refractivity contribution is 0.644. The normalized spacial score (nSPS) is 14.5. The van der Waals surface area contributed by atoms with E-state index in [1.54, 1.807) is 7.05 Å². The first-order chi connectivity index (χ1) is 11.6. The lowest BCUT2D eigenvalue weighted by Crippen LogP contribution is -2.41. The van der Waals surface area contributed by atoms with Crippen molar-refractivity contribution in [1.82, 2.24) is 10.6 Å². The van der Waals surface area contributed by atoms with Gasteiger partial charge in [0.05, 0.1) is 6.04 Å². The molecule has 0 fully saturated rings. The van der Waals surface area contributed by atoms with Crippen LogP contribution in [0.15, 0.2) is 29.3 Å². The molecule has 1 aromatic carbocycles. The summed E-state index contributed by atoms with van der Waals surface area (Å²) < 4.78 is 11.9. The number of hydrogen-bond donors (Lipinski definition) is 2. The lowest BCUT2D eigenvalue weighted by atomic mass is 10.00. The van der Waals surface area contributed by atoms with Gasteiger partial charge in [-0.05, 0) is 51.2 Å². The summed E-state index contributed by atoms with van der Waals surface area (Å²) in [5.74, 6) is 2.02. The second kappa shape index (κ2) is 12.0. The van der Waals surface area contributed by atoms with Gasteiger partial charge in [0.1, 0.15) is 0 Å². The van der Waals surface area contributed by atoms with E-state index in [1.807, 2.05) is 20.8 Å². The summed E-state index contributed by atoms with van der Waals surface area (Å²) in [5, 5.41) is 6.65. The van der Waals surface area contributed by atoms with E-state index in [1.165, 1.54) is 11.1 Å². The van der Waals surface area contributed by atoms with Crippen molar-refractivity contribution in [1.29, 1.82) is 0 Å². The minimum absolute atomic E-state index is 0. The van der Waals surface area contributed by atoms with E-state index in [4.69, 9.17) is 0 Å². The number of guanidine groups is 1. The van der Waals surface area contributed by atoms with Crippen molar-refractivity contribution < 1.29 is 4.21 Å². The van der Waals surface area contributed by atoms with Crippen LogP contribution < -0.4 is 10.6 Å². The third-order valence-electron chi connectivity index (χ3n) is 3.96. The van der Waals surface area contributed by atoms with Crippen molar-refractivity contribution in [2.24, 2.45) is 10.9 Å². The van der Waals surface area contributed by atoms with Gasteiger partial charge >= 0.3 is 0 Å². The van der Waals surface area contributed by atoms with E-state index in [0.29, 0.717) is 18.2 Å². The summed E-state index contributed by atoms with van der Waals surface area (Å²) in [6, 6.07) is 8.92. The molecule has 6 heteroatoms. The van der Waals surface area contributed by atoms with Crippen LogP contribution in [-0.2, 0) is 17.2 Å². The summed E-state index contributed by atoms with van der Waals surface area (Å²) in [6.07, 6.45) is 1.11. The fourth-order valence-corrected chi connectivity index (χ4v) is 3.36. The molecule has 2 unspecified atom stereocenters. The molecule has 0 radical (unpaired) electrons. The molecule has 0 spiro atoms. The molecular formula is C20H36IN3OS. The predicted octanol–water partition coefficient (Wildman–Crippen LogP) is 4.28. The summed E-state index contributed by atoms with van der Waals surface area (Å²) in [5.41, 5.74) is 2.60. The molecule has 0 heterocycles. The zero-order chi connectivity index (χ0) is 19.0. The Morgan fingerprint density at radius 1 is 1.15 bits per heavy atom. The SMILES string of the molecule is CN=C(NCCS(=O)C(C)(C)C)NC(C)c1ccc(CC(C)C)cc1.I. The maximum absolute atomic E-state index is 12.1. The van der Waals surface area contributed by atoms with Gasteiger partial charge in [-0.15, -0.1) is 24.0 Å². The van der Waals surface area contributed by atoms with Crippen molar-refractivity contribution in [3.63, 3.8) is 0 Å².